The summed E-state index contributed by atoms with van der Waals surface area (Å²) in [5.41, 5.74) is 2.46. The minimum absolute atomic E-state index is 0.0713. The molecule has 0 aliphatic carbocycles. The number of rotatable bonds is 4. The Bertz CT molecular complexity index is 1570. The fourth-order valence-electron chi connectivity index (χ4n) is 3.78. The van der Waals surface area contributed by atoms with Gasteiger partial charge in [0.2, 0.25) is 11.9 Å². The minimum Gasteiger partial charge on any atom is -0.497 e. The molecule has 0 unspecified atom stereocenters. The summed E-state index contributed by atoms with van der Waals surface area (Å²) in [5.74, 6) is 1.95. The first kappa shape index (κ1) is 22.9. The zero-order valence-corrected chi connectivity index (χ0v) is 20.9. The summed E-state index contributed by atoms with van der Waals surface area (Å²) < 4.78 is 32.3. The van der Waals surface area contributed by atoms with Crippen molar-refractivity contribution in [1.29, 1.82) is 0 Å². The van der Waals surface area contributed by atoms with Crippen molar-refractivity contribution in [3.8, 4) is 28.6 Å². The van der Waals surface area contributed by atoms with Crippen molar-refractivity contribution in [3.05, 3.63) is 86.5 Å². The van der Waals surface area contributed by atoms with Crippen LogP contribution in [-0.4, -0.2) is 34.5 Å². The number of hydrogen-bond acceptors (Lipinski definition) is 7. The van der Waals surface area contributed by atoms with E-state index in [-0.39, 0.29) is 16.8 Å². The minimum atomic E-state index is -0.601. The lowest BCUT2D eigenvalue weighted by molar-refractivity contribution is 0.174. The number of nitrogens with zero attached hydrogens (tertiary/aromatic N) is 4. The maximum Gasteiger partial charge on any atom is 0.231 e. The lowest BCUT2D eigenvalue weighted by Crippen LogP contribution is -2.13. The molecular formula is C25H15Cl2FN4O3S. The Kier molecular flexibility index (Phi) is 5.83. The highest BCUT2D eigenvalue weighted by molar-refractivity contribution is 8.04. The average Bonchev–Trinajstić information content (AvgIpc) is 3.52. The summed E-state index contributed by atoms with van der Waals surface area (Å²) in [6.07, 6.45) is 1.90. The molecule has 0 atom stereocenters. The predicted molar refractivity (Wildman–Crippen MR) is 137 cm³/mol. The van der Waals surface area contributed by atoms with Gasteiger partial charge in [0.1, 0.15) is 17.3 Å². The molecule has 0 fully saturated rings. The zero-order valence-electron chi connectivity index (χ0n) is 18.5. The Hall–Kier alpha value is -3.53. The van der Waals surface area contributed by atoms with Gasteiger partial charge in [0.05, 0.1) is 17.2 Å². The number of ether oxygens (including phenoxy) is 3. The Morgan fingerprint density at radius 2 is 1.81 bits per heavy atom. The molecule has 36 heavy (non-hydrogen) atoms. The van der Waals surface area contributed by atoms with Crippen LogP contribution in [0.1, 0.15) is 11.1 Å². The summed E-state index contributed by atoms with van der Waals surface area (Å²) in [6, 6.07) is 15.6. The monoisotopic (exact) mass is 540 g/mol. The van der Waals surface area contributed by atoms with E-state index in [4.69, 9.17) is 42.5 Å². The normalized spacial score (nSPS) is 15.1. The van der Waals surface area contributed by atoms with Crippen molar-refractivity contribution in [1.82, 2.24) is 14.9 Å². The van der Waals surface area contributed by atoms with Gasteiger partial charge in [-0.3, -0.25) is 0 Å². The van der Waals surface area contributed by atoms with Gasteiger partial charge in [-0.05, 0) is 71.9 Å². The molecule has 0 spiro atoms. The molecule has 0 N–H and O–H groups in total. The Labute approximate surface area is 219 Å². The highest BCUT2D eigenvalue weighted by Crippen LogP contribution is 2.40. The Morgan fingerprint density at radius 3 is 2.61 bits per heavy atom. The SMILES string of the molecule is COc1ccc(-c2nnc3n2N=C(c2cc(F)c(Cl)cc2Cl)C(=Cc2ccc4c(c2)OCO4)S3)cc1. The van der Waals surface area contributed by atoms with Crippen molar-refractivity contribution >= 4 is 46.8 Å². The molecule has 0 radical (unpaired) electrons. The van der Waals surface area contributed by atoms with Gasteiger partial charge in [-0.2, -0.15) is 9.78 Å². The fraction of sp³-hybridized carbons (Fsp3) is 0.0800. The first-order chi connectivity index (χ1) is 17.5. The maximum absolute atomic E-state index is 14.5. The van der Waals surface area contributed by atoms with Crippen LogP contribution in [0, 0.1) is 5.82 Å². The molecular weight excluding hydrogens is 526 g/mol. The van der Waals surface area contributed by atoms with Crippen LogP contribution >= 0.6 is 35.0 Å². The summed E-state index contributed by atoms with van der Waals surface area (Å²) in [6.45, 7) is 0.174. The standard InChI is InChI=1S/C25H15Cl2FN4O3S/c1-33-15-5-3-14(4-6-15)24-29-30-25-32(24)31-23(16-10-19(28)18(27)11-17(16)26)22(36-25)9-13-2-7-20-21(8-13)35-12-34-20/h2-11H,12H2,1H3. The van der Waals surface area contributed by atoms with Crippen LogP contribution in [0.4, 0.5) is 4.39 Å². The molecule has 0 saturated heterocycles. The number of benzene rings is 3. The van der Waals surface area contributed by atoms with E-state index >= 15 is 0 Å². The van der Waals surface area contributed by atoms with Crippen LogP contribution in [0.15, 0.2) is 69.8 Å². The molecule has 180 valence electrons. The number of halogens is 3. The summed E-state index contributed by atoms with van der Waals surface area (Å²) >= 11 is 13.8. The predicted octanol–water partition coefficient (Wildman–Crippen LogP) is 6.53. The van der Waals surface area contributed by atoms with Crippen molar-refractivity contribution in [2.45, 2.75) is 5.16 Å². The fourth-order valence-corrected chi connectivity index (χ4v) is 5.19. The largest absolute Gasteiger partial charge is 0.497 e. The van der Waals surface area contributed by atoms with Gasteiger partial charge in [0, 0.05) is 16.0 Å². The molecule has 1 aromatic heterocycles. The van der Waals surface area contributed by atoms with E-state index < -0.39 is 5.82 Å². The molecule has 7 nitrogen and oxygen atoms in total. The molecule has 2 aliphatic heterocycles. The third-order valence-electron chi connectivity index (χ3n) is 5.55. The number of allylic oxidation sites excluding steroid dienone is 1. The van der Waals surface area contributed by atoms with Crippen LogP contribution in [0.25, 0.3) is 17.5 Å². The first-order valence-corrected chi connectivity index (χ1v) is 12.2. The molecule has 0 bridgehead atoms. The van der Waals surface area contributed by atoms with Gasteiger partial charge in [-0.25, -0.2) is 4.39 Å². The average molecular weight is 541 g/mol. The molecule has 2 aliphatic rings. The van der Waals surface area contributed by atoms with Crippen molar-refractivity contribution in [3.63, 3.8) is 0 Å². The Morgan fingerprint density at radius 1 is 1.00 bits per heavy atom. The van der Waals surface area contributed by atoms with Crippen LogP contribution < -0.4 is 14.2 Å². The van der Waals surface area contributed by atoms with Gasteiger partial charge in [-0.15, -0.1) is 10.2 Å². The topological polar surface area (TPSA) is 70.8 Å². The van der Waals surface area contributed by atoms with Gasteiger partial charge in [-0.1, -0.05) is 29.3 Å². The van der Waals surface area contributed by atoms with E-state index in [1.807, 2.05) is 48.5 Å². The summed E-state index contributed by atoms with van der Waals surface area (Å²) in [7, 11) is 1.60. The van der Waals surface area contributed by atoms with E-state index in [1.54, 1.807) is 11.8 Å². The van der Waals surface area contributed by atoms with E-state index in [0.717, 1.165) is 11.1 Å². The molecule has 3 heterocycles. The molecule has 0 amide bonds. The second-order valence-electron chi connectivity index (χ2n) is 7.76. The molecule has 6 rings (SSSR count). The summed E-state index contributed by atoms with van der Waals surface area (Å²) in [4.78, 5) is 0.693. The molecule has 0 saturated carbocycles. The van der Waals surface area contributed by atoms with E-state index in [0.29, 0.717) is 44.4 Å². The highest BCUT2D eigenvalue weighted by atomic mass is 35.5. The van der Waals surface area contributed by atoms with Crippen LogP contribution in [-0.2, 0) is 0 Å². The number of methoxy groups -OCH3 is 1. The first-order valence-electron chi connectivity index (χ1n) is 10.6. The van der Waals surface area contributed by atoms with Crippen molar-refractivity contribution in [2.75, 3.05) is 13.9 Å². The van der Waals surface area contributed by atoms with Crippen molar-refractivity contribution < 1.29 is 18.6 Å². The van der Waals surface area contributed by atoms with Crippen LogP contribution in [0.2, 0.25) is 10.0 Å². The number of thioether (sulfide) groups is 1. The van der Waals surface area contributed by atoms with Gasteiger partial charge >= 0.3 is 0 Å². The second-order valence-corrected chi connectivity index (χ2v) is 9.59. The third kappa shape index (κ3) is 4.09. The van der Waals surface area contributed by atoms with Gasteiger partial charge in [0.15, 0.2) is 17.3 Å². The lowest BCUT2D eigenvalue weighted by Gasteiger charge is -2.18. The maximum atomic E-state index is 14.5. The number of fused-ring (bicyclic) bond motifs is 2. The smallest absolute Gasteiger partial charge is 0.231 e. The van der Waals surface area contributed by atoms with E-state index in [2.05, 4.69) is 10.2 Å². The van der Waals surface area contributed by atoms with Gasteiger partial charge < -0.3 is 14.2 Å². The summed E-state index contributed by atoms with van der Waals surface area (Å²) in [5, 5.41) is 14.2. The van der Waals surface area contributed by atoms with Crippen molar-refractivity contribution in [2.24, 2.45) is 5.10 Å². The molecule has 11 heteroatoms. The van der Waals surface area contributed by atoms with Crippen LogP contribution in [0.3, 0.4) is 0 Å². The third-order valence-corrected chi connectivity index (χ3v) is 7.13. The number of hydrogen-bond donors (Lipinski definition) is 0. The second kappa shape index (κ2) is 9.16. The zero-order chi connectivity index (χ0) is 24.8. The number of aromatic nitrogens is 3. The quantitative estimate of drug-likeness (QED) is 0.274. The Balaban J connectivity index is 1.50. The lowest BCUT2D eigenvalue weighted by atomic mass is 10.1. The van der Waals surface area contributed by atoms with E-state index in [1.165, 1.54) is 23.9 Å². The van der Waals surface area contributed by atoms with E-state index in [9.17, 15) is 4.39 Å². The molecule has 3 aromatic carbocycles. The van der Waals surface area contributed by atoms with Crippen LogP contribution in [0.5, 0.6) is 17.2 Å². The molecule has 4 aromatic rings. The van der Waals surface area contributed by atoms with Gasteiger partial charge in [0.25, 0.3) is 0 Å². The highest BCUT2D eigenvalue weighted by Gasteiger charge is 2.27.